The molecule has 7 heteroatoms. The molecule has 0 bridgehead atoms. The number of nitrogens with zero attached hydrogens (tertiary/aromatic N) is 3. The minimum absolute atomic E-state index is 0.115. The van der Waals surface area contributed by atoms with Crippen molar-refractivity contribution in [3.63, 3.8) is 0 Å². The van der Waals surface area contributed by atoms with Crippen molar-refractivity contribution < 1.29 is 0 Å². The molecule has 0 aliphatic rings. The summed E-state index contributed by atoms with van der Waals surface area (Å²) in [5.41, 5.74) is 7.28. The van der Waals surface area contributed by atoms with Crippen LogP contribution in [0.2, 0.25) is 10.0 Å². The van der Waals surface area contributed by atoms with Crippen LogP contribution in [0.3, 0.4) is 0 Å². The van der Waals surface area contributed by atoms with Crippen LogP contribution in [-0.2, 0) is 6.42 Å². The van der Waals surface area contributed by atoms with Gasteiger partial charge in [0.1, 0.15) is 18.0 Å². The fourth-order valence-corrected chi connectivity index (χ4v) is 2.86. The van der Waals surface area contributed by atoms with E-state index in [2.05, 4.69) is 27.2 Å². The van der Waals surface area contributed by atoms with E-state index in [9.17, 15) is 0 Å². The molecule has 0 saturated carbocycles. The molecule has 1 atom stereocenters. The van der Waals surface area contributed by atoms with Gasteiger partial charge >= 0.3 is 0 Å². The normalized spacial score (nSPS) is 12.3. The molecule has 3 aromatic rings. The van der Waals surface area contributed by atoms with Crippen molar-refractivity contribution in [3.05, 3.63) is 52.3 Å². The molecule has 0 saturated heterocycles. The summed E-state index contributed by atoms with van der Waals surface area (Å²) in [6, 6.07) is 9.23. The summed E-state index contributed by atoms with van der Waals surface area (Å²) in [6.07, 6.45) is 2.21. The lowest BCUT2D eigenvalue weighted by Crippen LogP contribution is -2.19. The zero-order valence-electron chi connectivity index (χ0n) is 12.4. The maximum atomic E-state index is 6.23. The first-order valence-electron chi connectivity index (χ1n) is 7.10. The SMILES string of the molecule is CC(Cc1ccc(Cl)cc1Cl)Nc1ncnc2nc(N)ccc12. The lowest BCUT2D eigenvalue weighted by molar-refractivity contribution is 0.785. The largest absolute Gasteiger partial charge is 0.384 e. The summed E-state index contributed by atoms with van der Waals surface area (Å²) in [7, 11) is 0. The lowest BCUT2D eigenvalue weighted by Gasteiger charge is -2.16. The summed E-state index contributed by atoms with van der Waals surface area (Å²) < 4.78 is 0. The van der Waals surface area contributed by atoms with Gasteiger partial charge in [-0.15, -0.1) is 0 Å². The van der Waals surface area contributed by atoms with Crippen LogP contribution in [0.1, 0.15) is 12.5 Å². The summed E-state index contributed by atoms with van der Waals surface area (Å²) in [5, 5.41) is 5.49. The van der Waals surface area contributed by atoms with Gasteiger partial charge in [-0.3, -0.25) is 0 Å². The Kier molecular flexibility index (Phi) is 4.50. The number of aromatic nitrogens is 3. The molecule has 2 aromatic heterocycles. The van der Waals surface area contributed by atoms with Gasteiger partial charge in [-0.25, -0.2) is 15.0 Å². The van der Waals surface area contributed by atoms with E-state index in [-0.39, 0.29) is 6.04 Å². The van der Waals surface area contributed by atoms with E-state index < -0.39 is 0 Å². The van der Waals surface area contributed by atoms with E-state index in [1.807, 2.05) is 18.2 Å². The van der Waals surface area contributed by atoms with Crippen LogP contribution >= 0.6 is 23.2 Å². The molecular formula is C16H15Cl2N5. The first-order chi connectivity index (χ1) is 11.0. The highest BCUT2D eigenvalue weighted by Crippen LogP contribution is 2.24. The fraction of sp³-hybridized carbons (Fsp3) is 0.188. The van der Waals surface area contributed by atoms with Crippen molar-refractivity contribution >= 4 is 45.9 Å². The monoisotopic (exact) mass is 347 g/mol. The first kappa shape index (κ1) is 15.8. The second-order valence-electron chi connectivity index (χ2n) is 5.31. The van der Waals surface area contributed by atoms with Crippen molar-refractivity contribution in [2.24, 2.45) is 0 Å². The molecule has 23 heavy (non-hydrogen) atoms. The minimum atomic E-state index is 0.115. The van der Waals surface area contributed by atoms with Crippen LogP contribution in [0.25, 0.3) is 11.0 Å². The van der Waals surface area contributed by atoms with E-state index >= 15 is 0 Å². The molecule has 3 N–H and O–H groups in total. The molecule has 0 radical (unpaired) electrons. The molecule has 5 nitrogen and oxygen atoms in total. The smallest absolute Gasteiger partial charge is 0.166 e. The highest BCUT2D eigenvalue weighted by molar-refractivity contribution is 6.35. The highest BCUT2D eigenvalue weighted by Gasteiger charge is 2.11. The predicted molar refractivity (Wildman–Crippen MR) is 95.0 cm³/mol. The third-order valence-electron chi connectivity index (χ3n) is 3.44. The Bertz CT molecular complexity index is 853. The zero-order chi connectivity index (χ0) is 16.4. The van der Waals surface area contributed by atoms with E-state index in [0.717, 1.165) is 23.2 Å². The summed E-state index contributed by atoms with van der Waals surface area (Å²) in [4.78, 5) is 12.6. The third-order valence-corrected chi connectivity index (χ3v) is 4.03. The second-order valence-corrected chi connectivity index (χ2v) is 6.16. The molecular weight excluding hydrogens is 333 g/mol. The number of hydrogen-bond donors (Lipinski definition) is 2. The molecule has 0 aliphatic carbocycles. The second kappa shape index (κ2) is 6.56. The molecule has 0 aliphatic heterocycles. The lowest BCUT2D eigenvalue weighted by atomic mass is 10.1. The average molecular weight is 348 g/mol. The maximum absolute atomic E-state index is 6.23. The third kappa shape index (κ3) is 3.63. The van der Waals surface area contributed by atoms with Gasteiger partial charge in [0.2, 0.25) is 0 Å². The van der Waals surface area contributed by atoms with Gasteiger partial charge in [0.25, 0.3) is 0 Å². The molecule has 2 heterocycles. The Hall–Kier alpha value is -2.11. The quantitative estimate of drug-likeness (QED) is 0.746. The van der Waals surface area contributed by atoms with Gasteiger partial charge in [-0.2, -0.15) is 0 Å². The number of hydrogen-bond acceptors (Lipinski definition) is 5. The molecule has 118 valence electrons. The van der Waals surface area contributed by atoms with Gasteiger partial charge in [0.05, 0.1) is 5.39 Å². The van der Waals surface area contributed by atoms with E-state index in [0.29, 0.717) is 21.5 Å². The van der Waals surface area contributed by atoms with Crippen molar-refractivity contribution in [2.45, 2.75) is 19.4 Å². The number of halogens is 2. The Morgan fingerprint density at radius 2 is 2.00 bits per heavy atom. The summed E-state index contributed by atoms with van der Waals surface area (Å²) in [6.45, 7) is 2.06. The average Bonchev–Trinajstić information content (AvgIpc) is 2.50. The van der Waals surface area contributed by atoms with Crippen molar-refractivity contribution in [1.82, 2.24) is 15.0 Å². The molecule has 0 fully saturated rings. The maximum Gasteiger partial charge on any atom is 0.166 e. The first-order valence-corrected chi connectivity index (χ1v) is 7.86. The van der Waals surface area contributed by atoms with Crippen molar-refractivity contribution in [2.75, 3.05) is 11.1 Å². The van der Waals surface area contributed by atoms with Crippen LogP contribution in [-0.4, -0.2) is 21.0 Å². The van der Waals surface area contributed by atoms with Gasteiger partial charge in [0, 0.05) is 16.1 Å². The van der Waals surface area contributed by atoms with Crippen molar-refractivity contribution in [3.8, 4) is 0 Å². The topological polar surface area (TPSA) is 76.7 Å². The zero-order valence-corrected chi connectivity index (χ0v) is 13.9. The molecule has 0 amide bonds. The van der Waals surface area contributed by atoms with Crippen LogP contribution in [0.15, 0.2) is 36.7 Å². The van der Waals surface area contributed by atoms with Crippen LogP contribution in [0.4, 0.5) is 11.6 Å². The van der Waals surface area contributed by atoms with E-state index in [1.54, 1.807) is 12.1 Å². The number of nitrogens with one attached hydrogen (secondary N) is 1. The Labute approximate surface area is 143 Å². The number of fused-ring (bicyclic) bond motifs is 1. The molecule has 0 spiro atoms. The van der Waals surface area contributed by atoms with Gasteiger partial charge < -0.3 is 11.1 Å². The highest BCUT2D eigenvalue weighted by atomic mass is 35.5. The fourth-order valence-electron chi connectivity index (χ4n) is 2.37. The van der Waals surface area contributed by atoms with E-state index in [1.165, 1.54) is 6.33 Å². The van der Waals surface area contributed by atoms with E-state index in [4.69, 9.17) is 28.9 Å². The molecule has 1 aromatic carbocycles. The predicted octanol–water partition coefficient (Wildman–Crippen LogP) is 3.96. The van der Waals surface area contributed by atoms with Gasteiger partial charge in [0.15, 0.2) is 5.65 Å². The Morgan fingerprint density at radius 1 is 1.17 bits per heavy atom. The number of pyridine rings is 1. The summed E-state index contributed by atoms with van der Waals surface area (Å²) >= 11 is 12.2. The Morgan fingerprint density at radius 3 is 2.78 bits per heavy atom. The van der Waals surface area contributed by atoms with Crippen LogP contribution < -0.4 is 11.1 Å². The summed E-state index contributed by atoms with van der Waals surface area (Å²) in [5.74, 6) is 1.16. The van der Waals surface area contributed by atoms with Gasteiger partial charge in [-0.1, -0.05) is 29.3 Å². The number of nitrogen functional groups attached to an aromatic ring is 1. The number of rotatable bonds is 4. The number of anilines is 2. The Balaban J connectivity index is 1.81. The van der Waals surface area contributed by atoms with Crippen LogP contribution in [0, 0.1) is 0 Å². The number of benzene rings is 1. The van der Waals surface area contributed by atoms with Crippen molar-refractivity contribution in [1.29, 1.82) is 0 Å². The minimum Gasteiger partial charge on any atom is -0.384 e. The number of nitrogens with two attached hydrogens (primary N) is 1. The van der Waals surface area contributed by atoms with Crippen LogP contribution in [0.5, 0.6) is 0 Å². The van der Waals surface area contributed by atoms with Gasteiger partial charge in [-0.05, 0) is 43.2 Å². The molecule has 1 unspecified atom stereocenters. The standard InChI is InChI=1S/C16H15Cl2N5/c1-9(6-10-2-3-11(17)7-13(10)18)22-15-12-4-5-14(19)23-16(12)21-8-20-15/h2-5,7-9H,6H2,1H3,(H3,19,20,21,22,23). The molecule has 3 rings (SSSR count).